The summed E-state index contributed by atoms with van der Waals surface area (Å²) in [7, 11) is 0. The Labute approximate surface area is 168 Å². The fourth-order valence-corrected chi connectivity index (χ4v) is 3.47. The van der Waals surface area contributed by atoms with E-state index >= 15 is 0 Å². The van der Waals surface area contributed by atoms with Crippen molar-refractivity contribution in [2.75, 3.05) is 23.3 Å². The summed E-state index contributed by atoms with van der Waals surface area (Å²) >= 11 is 0. The van der Waals surface area contributed by atoms with Gasteiger partial charge in [-0.05, 0) is 25.8 Å². The van der Waals surface area contributed by atoms with Crippen molar-refractivity contribution in [2.24, 2.45) is 0 Å². The molecule has 1 atom stereocenters. The maximum absolute atomic E-state index is 11.1. The Morgan fingerprint density at radius 3 is 2.79 bits per heavy atom. The lowest BCUT2D eigenvalue weighted by Gasteiger charge is -2.33. The number of anilines is 2. The van der Waals surface area contributed by atoms with Gasteiger partial charge in [0, 0.05) is 61.0 Å². The van der Waals surface area contributed by atoms with Gasteiger partial charge in [0.2, 0.25) is 5.95 Å². The van der Waals surface area contributed by atoms with Gasteiger partial charge in [-0.15, -0.1) is 0 Å². The van der Waals surface area contributed by atoms with Crippen LogP contribution in [-0.4, -0.2) is 44.0 Å². The van der Waals surface area contributed by atoms with Crippen molar-refractivity contribution in [1.82, 2.24) is 19.9 Å². The average Bonchev–Trinajstić information content (AvgIpc) is 2.74. The van der Waals surface area contributed by atoms with Crippen molar-refractivity contribution in [3.63, 3.8) is 0 Å². The molecule has 2 aromatic heterocycles. The molecule has 0 radical (unpaired) electrons. The molecule has 9 nitrogen and oxygen atoms in total. The predicted molar refractivity (Wildman–Crippen MR) is 110 cm³/mol. The molecule has 1 unspecified atom stereocenters. The van der Waals surface area contributed by atoms with E-state index in [1.807, 2.05) is 19.1 Å². The molecule has 29 heavy (non-hydrogen) atoms. The van der Waals surface area contributed by atoms with Crippen molar-refractivity contribution >= 4 is 17.5 Å². The molecule has 9 heteroatoms. The molecule has 1 aliphatic heterocycles. The van der Waals surface area contributed by atoms with Crippen molar-refractivity contribution in [3.8, 4) is 11.4 Å². The summed E-state index contributed by atoms with van der Waals surface area (Å²) < 4.78 is 0. The number of nitrogens with one attached hydrogen (secondary N) is 1. The third-order valence-corrected chi connectivity index (χ3v) is 4.78. The van der Waals surface area contributed by atoms with Gasteiger partial charge in [0.25, 0.3) is 5.69 Å². The molecule has 1 aliphatic rings. The van der Waals surface area contributed by atoms with Gasteiger partial charge in [0.15, 0.2) is 5.82 Å². The van der Waals surface area contributed by atoms with Gasteiger partial charge < -0.3 is 10.2 Å². The molecule has 0 saturated carbocycles. The molecule has 4 rings (SSSR count). The summed E-state index contributed by atoms with van der Waals surface area (Å²) in [6, 6.07) is 10.3. The maximum Gasteiger partial charge on any atom is 0.270 e. The Bertz CT molecular complexity index is 1010. The van der Waals surface area contributed by atoms with E-state index < -0.39 is 4.92 Å². The van der Waals surface area contributed by atoms with Crippen LogP contribution in [0.4, 0.5) is 17.5 Å². The first-order chi connectivity index (χ1) is 14.1. The Balaban J connectivity index is 1.53. The van der Waals surface area contributed by atoms with E-state index in [2.05, 4.69) is 30.2 Å². The zero-order chi connectivity index (χ0) is 20.2. The maximum atomic E-state index is 11.1. The molecule has 3 aromatic rings. The first kappa shape index (κ1) is 18.7. The van der Waals surface area contributed by atoms with Gasteiger partial charge in [-0.3, -0.25) is 10.1 Å². The lowest BCUT2D eigenvalue weighted by Crippen LogP contribution is -2.43. The van der Waals surface area contributed by atoms with Crippen LogP contribution in [0, 0.1) is 17.0 Å². The zero-order valence-electron chi connectivity index (χ0n) is 16.0. The quantitative estimate of drug-likeness (QED) is 0.521. The Kier molecular flexibility index (Phi) is 5.28. The van der Waals surface area contributed by atoms with Crippen molar-refractivity contribution in [2.45, 2.75) is 25.8 Å². The highest BCUT2D eigenvalue weighted by Crippen LogP contribution is 2.24. The summed E-state index contributed by atoms with van der Waals surface area (Å²) in [6.45, 7) is 3.59. The van der Waals surface area contributed by atoms with Gasteiger partial charge in [0.05, 0.1) is 4.92 Å². The van der Waals surface area contributed by atoms with Crippen LogP contribution in [0.1, 0.15) is 18.5 Å². The molecule has 3 heterocycles. The number of hydrogen-bond acceptors (Lipinski definition) is 8. The average molecular weight is 391 g/mol. The smallest absolute Gasteiger partial charge is 0.270 e. The first-order valence-electron chi connectivity index (χ1n) is 9.47. The summed E-state index contributed by atoms with van der Waals surface area (Å²) in [6.07, 6.45) is 5.53. The van der Waals surface area contributed by atoms with Crippen LogP contribution < -0.4 is 10.2 Å². The second kappa shape index (κ2) is 8.17. The highest BCUT2D eigenvalue weighted by molar-refractivity contribution is 5.61. The number of piperidine rings is 1. The largest absolute Gasteiger partial charge is 0.365 e. The number of benzene rings is 1. The highest BCUT2D eigenvalue weighted by atomic mass is 16.6. The standard InChI is InChI=1S/C20H21N7O2/c1-14-11-18(25-19(23-14)15-5-2-7-17(12-15)27(28)29)24-16-6-3-10-26(13-16)20-21-8-4-9-22-20/h2,4-5,7-9,11-12,16H,3,6,10,13H2,1H3,(H,23,24,25). The molecular formula is C20H21N7O2. The summed E-state index contributed by atoms with van der Waals surface area (Å²) in [5.74, 6) is 1.91. The molecule has 0 amide bonds. The monoisotopic (exact) mass is 391 g/mol. The van der Waals surface area contributed by atoms with Crippen LogP contribution in [0.3, 0.4) is 0 Å². The number of aryl methyl sites for hydroxylation is 1. The molecule has 1 fully saturated rings. The first-order valence-corrected chi connectivity index (χ1v) is 9.47. The van der Waals surface area contributed by atoms with Gasteiger partial charge in [-0.2, -0.15) is 0 Å². The Hall–Kier alpha value is -3.62. The van der Waals surface area contributed by atoms with Gasteiger partial charge in [0.1, 0.15) is 5.82 Å². The summed E-state index contributed by atoms with van der Waals surface area (Å²) in [5.41, 5.74) is 1.44. The van der Waals surface area contributed by atoms with Crippen molar-refractivity contribution < 1.29 is 4.92 Å². The van der Waals surface area contributed by atoms with E-state index in [1.54, 1.807) is 24.5 Å². The third kappa shape index (κ3) is 4.45. The van der Waals surface area contributed by atoms with E-state index in [0.717, 1.165) is 37.6 Å². The van der Waals surface area contributed by atoms with E-state index in [0.29, 0.717) is 17.2 Å². The van der Waals surface area contributed by atoms with Crippen LogP contribution in [-0.2, 0) is 0 Å². The molecule has 0 spiro atoms. The highest BCUT2D eigenvalue weighted by Gasteiger charge is 2.22. The lowest BCUT2D eigenvalue weighted by molar-refractivity contribution is -0.384. The number of rotatable bonds is 5. The van der Waals surface area contributed by atoms with Gasteiger partial charge in [-0.25, -0.2) is 19.9 Å². The van der Waals surface area contributed by atoms with Crippen LogP contribution in [0.5, 0.6) is 0 Å². The van der Waals surface area contributed by atoms with Crippen molar-refractivity contribution in [3.05, 3.63) is 64.6 Å². The molecule has 1 N–H and O–H groups in total. The zero-order valence-corrected chi connectivity index (χ0v) is 16.0. The topological polar surface area (TPSA) is 110 Å². The summed E-state index contributed by atoms with van der Waals surface area (Å²) in [4.78, 5) is 30.6. The fourth-order valence-electron chi connectivity index (χ4n) is 3.47. The molecule has 0 bridgehead atoms. The number of nitro benzene ring substituents is 1. The van der Waals surface area contributed by atoms with Crippen LogP contribution >= 0.6 is 0 Å². The SMILES string of the molecule is Cc1cc(NC2CCCN(c3ncccn3)C2)nc(-c2cccc([N+](=O)[O-])c2)n1. The number of nitrogens with zero attached hydrogens (tertiary/aromatic N) is 6. The Morgan fingerprint density at radius 2 is 2.00 bits per heavy atom. The van der Waals surface area contributed by atoms with E-state index in [1.165, 1.54) is 12.1 Å². The third-order valence-electron chi connectivity index (χ3n) is 4.78. The van der Waals surface area contributed by atoms with Crippen LogP contribution in [0.2, 0.25) is 0 Å². The normalized spacial score (nSPS) is 16.4. The van der Waals surface area contributed by atoms with E-state index in [-0.39, 0.29) is 11.7 Å². The number of aromatic nitrogens is 4. The van der Waals surface area contributed by atoms with Gasteiger partial charge >= 0.3 is 0 Å². The fraction of sp³-hybridized carbons (Fsp3) is 0.300. The van der Waals surface area contributed by atoms with E-state index in [9.17, 15) is 10.1 Å². The summed E-state index contributed by atoms with van der Waals surface area (Å²) in [5, 5.41) is 14.6. The number of non-ortho nitro benzene ring substituents is 1. The Morgan fingerprint density at radius 1 is 1.17 bits per heavy atom. The second-order valence-corrected chi connectivity index (χ2v) is 7.00. The van der Waals surface area contributed by atoms with E-state index in [4.69, 9.17) is 0 Å². The molecular weight excluding hydrogens is 370 g/mol. The van der Waals surface area contributed by atoms with Gasteiger partial charge in [-0.1, -0.05) is 12.1 Å². The molecule has 148 valence electrons. The minimum absolute atomic E-state index is 0.0212. The number of nitro groups is 1. The predicted octanol–water partition coefficient (Wildman–Crippen LogP) is 3.23. The minimum Gasteiger partial charge on any atom is -0.365 e. The van der Waals surface area contributed by atoms with Crippen LogP contribution in [0.15, 0.2) is 48.8 Å². The van der Waals surface area contributed by atoms with Crippen molar-refractivity contribution in [1.29, 1.82) is 0 Å². The molecule has 0 aliphatic carbocycles. The molecule has 1 saturated heterocycles. The molecule has 1 aromatic carbocycles. The number of hydrogen-bond donors (Lipinski definition) is 1. The second-order valence-electron chi connectivity index (χ2n) is 7.00. The van der Waals surface area contributed by atoms with Crippen LogP contribution in [0.25, 0.3) is 11.4 Å². The minimum atomic E-state index is -0.416. The lowest BCUT2D eigenvalue weighted by atomic mass is 10.1.